The molecule has 16 heavy (non-hydrogen) atoms. The van der Waals surface area contributed by atoms with Crippen molar-refractivity contribution >= 4 is 0 Å². The lowest BCUT2D eigenvalue weighted by molar-refractivity contribution is 0.580. The molecule has 2 aromatic rings. The van der Waals surface area contributed by atoms with Gasteiger partial charge in [-0.15, -0.1) is 0 Å². The zero-order chi connectivity index (χ0) is 11.4. The summed E-state index contributed by atoms with van der Waals surface area (Å²) < 4.78 is 5.39. The topological polar surface area (TPSA) is 25.2 Å². The van der Waals surface area contributed by atoms with Crippen LogP contribution in [0.4, 0.5) is 0 Å². The summed E-state index contributed by atoms with van der Waals surface area (Å²) >= 11 is 0. The van der Waals surface area contributed by atoms with Gasteiger partial charge in [0, 0.05) is 11.6 Å². The van der Waals surface area contributed by atoms with E-state index >= 15 is 0 Å². The van der Waals surface area contributed by atoms with E-state index in [-0.39, 0.29) is 0 Å². The number of benzene rings is 1. The van der Waals surface area contributed by atoms with Crippen molar-refractivity contribution in [1.82, 2.24) is 5.32 Å². The minimum atomic E-state index is 0.375. The van der Waals surface area contributed by atoms with Crippen LogP contribution in [0.15, 0.2) is 47.1 Å². The van der Waals surface area contributed by atoms with E-state index in [0.717, 1.165) is 17.9 Å². The largest absolute Gasteiger partial charge is 0.464 e. The Labute approximate surface area is 96.3 Å². The molecule has 2 heteroatoms. The normalized spacial score (nSPS) is 12.6. The van der Waals surface area contributed by atoms with E-state index in [9.17, 15) is 0 Å². The number of rotatable bonds is 4. The van der Waals surface area contributed by atoms with Crippen LogP contribution in [0.25, 0.3) is 11.3 Å². The van der Waals surface area contributed by atoms with Crippen LogP contribution < -0.4 is 5.32 Å². The predicted octanol–water partition coefficient (Wildman–Crippen LogP) is 3.62. The fraction of sp³-hybridized carbons (Fsp3) is 0.286. The Hall–Kier alpha value is -1.54. The first-order chi connectivity index (χ1) is 7.81. The van der Waals surface area contributed by atoms with Gasteiger partial charge < -0.3 is 9.73 Å². The van der Waals surface area contributed by atoms with Gasteiger partial charge in [-0.05, 0) is 37.2 Å². The number of furan rings is 1. The molecule has 1 heterocycles. The Balaban J connectivity index is 2.26. The predicted molar refractivity (Wildman–Crippen MR) is 66.2 cm³/mol. The van der Waals surface area contributed by atoms with Gasteiger partial charge in [-0.3, -0.25) is 0 Å². The molecule has 0 spiro atoms. The van der Waals surface area contributed by atoms with Crippen molar-refractivity contribution in [3.8, 4) is 11.3 Å². The maximum Gasteiger partial charge on any atom is 0.133 e. The first-order valence-corrected chi connectivity index (χ1v) is 5.68. The monoisotopic (exact) mass is 215 g/mol. The standard InChI is InChI=1S/C14H17NO/c1-3-15-11(2)12-6-4-7-13(10-12)14-8-5-9-16-14/h4-11,15H,3H2,1-2H3. The lowest BCUT2D eigenvalue weighted by Crippen LogP contribution is -2.17. The summed E-state index contributed by atoms with van der Waals surface area (Å²) in [6, 6.07) is 12.7. The molecule has 1 aromatic carbocycles. The minimum Gasteiger partial charge on any atom is -0.464 e. The van der Waals surface area contributed by atoms with Crippen LogP contribution in [-0.4, -0.2) is 6.54 Å². The first-order valence-electron chi connectivity index (χ1n) is 5.68. The van der Waals surface area contributed by atoms with Crippen LogP contribution in [0.2, 0.25) is 0 Å². The molecular formula is C14H17NO. The molecule has 1 unspecified atom stereocenters. The fourth-order valence-electron chi connectivity index (χ4n) is 1.83. The Morgan fingerprint density at radius 2 is 2.12 bits per heavy atom. The third-order valence-electron chi connectivity index (χ3n) is 2.70. The zero-order valence-corrected chi connectivity index (χ0v) is 9.73. The summed E-state index contributed by atoms with van der Waals surface area (Å²) in [5.41, 5.74) is 2.42. The molecule has 0 saturated carbocycles. The van der Waals surface area contributed by atoms with Gasteiger partial charge in [0.2, 0.25) is 0 Å². The highest BCUT2D eigenvalue weighted by molar-refractivity contribution is 5.58. The number of hydrogen-bond acceptors (Lipinski definition) is 2. The Kier molecular flexibility index (Phi) is 3.42. The smallest absolute Gasteiger partial charge is 0.133 e. The highest BCUT2D eigenvalue weighted by atomic mass is 16.3. The van der Waals surface area contributed by atoms with Crippen molar-refractivity contribution in [2.45, 2.75) is 19.9 Å². The summed E-state index contributed by atoms with van der Waals surface area (Å²) in [7, 11) is 0. The van der Waals surface area contributed by atoms with E-state index in [1.807, 2.05) is 12.1 Å². The second-order valence-corrected chi connectivity index (χ2v) is 3.88. The van der Waals surface area contributed by atoms with Gasteiger partial charge in [0.25, 0.3) is 0 Å². The van der Waals surface area contributed by atoms with Crippen molar-refractivity contribution in [2.24, 2.45) is 0 Å². The van der Waals surface area contributed by atoms with Gasteiger partial charge in [-0.25, -0.2) is 0 Å². The zero-order valence-electron chi connectivity index (χ0n) is 9.73. The molecule has 2 rings (SSSR count). The average molecular weight is 215 g/mol. The highest BCUT2D eigenvalue weighted by Crippen LogP contribution is 2.23. The van der Waals surface area contributed by atoms with Crippen molar-refractivity contribution < 1.29 is 4.42 Å². The van der Waals surface area contributed by atoms with Gasteiger partial charge in [-0.2, -0.15) is 0 Å². The summed E-state index contributed by atoms with van der Waals surface area (Å²) in [6.45, 7) is 5.27. The summed E-state index contributed by atoms with van der Waals surface area (Å²) in [4.78, 5) is 0. The van der Waals surface area contributed by atoms with E-state index in [0.29, 0.717) is 6.04 Å². The second kappa shape index (κ2) is 4.99. The molecule has 0 aliphatic carbocycles. The summed E-state index contributed by atoms with van der Waals surface area (Å²) in [5.74, 6) is 0.922. The first kappa shape index (κ1) is 11.0. The summed E-state index contributed by atoms with van der Waals surface area (Å²) in [5, 5.41) is 3.40. The van der Waals surface area contributed by atoms with E-state index in [1.54, 1.807) is 6.26 Å². The van der Waals surface area contributed by atoms with Gasteiger partial charge in [0.05, 0.1) is 6.26 Å². The molecule has 1 aromatic heterocycles. The van der Waals surface area contributed by atoms with E-state index < -0.39 is 0 Å². The van der Waals surface area contributed by atoms with Gasteiger partial charge in [-0.1, -0.05) is 25.1 Å². The Bertz CT molecular complexity index is 434. The number of hydrogen-bond donors (Lipinski definition) is 1. The molecule has 0 aliphatic rings. The molecule has 0 saturated heterocycles. The quantitative estimate of drug-likeness (QED) is 0.842. The van der Waals surface area contributed by atoms with Crippen LogP contribution in [0.5, 0.6) is 0 Å². The maximum absolute atomic E-state index is 5.39. The third-order valence-corrected chi connectivity index (χ3v) is 2.70. The lowest BCUT2D eigenvalue weighted by atomic mass is 10.0. The molecule has 84 valence electrons. The van der Waals surface area contributed by atoms with E-state index in [4.69, 9.17) is 4.42 Å². The summed E-state index contributed by atoms with van der Waals surface area (Å²) in [6.07, 6.45) is 1.70. The second-order valence-electron chi connectivity index (χ2n) is 3.88. The van der Waals surface area contributed by atoms with Crippen LogP contribution in [-0.2, 0) is 0 Å². The van der Waals surface area contributed by atoms with E-state index in [2.05, 4.69) is 43.4 Å². The molecule has 0 fully saturated rings. The van der Waals surface area contributed by atoms with Crippen LogP contribution in [0.3, 0.4) is 0 Å². The van der Waals surface area contributed by atoms with Crippen molar-refractivity contribution in [3.63, 3.8) is 0 Å². The van der Waals surface area contributed by atoms with Crippen LogP contribution in [0.1, 0.15) is 25.5 Å². The van der Waals surface area contributed by atoms with Gasteiger partial charge >= 0.3 is 0 Å². The molecule has 1 atom stereocenters. The lowest BCUT2D eigenvalue weighted by Gasteiger charge is -2.13. The van der Waals surface area contributed by atoms with Crippen molar-refractivity contribution in [2.75, 3.05) is 6.54 Å². The number of nitrogens with one attached hydrogen (secondary N) is 1. The van der Waals surface area contributed by atoms with E-state index in [1.165, 1.54) is 5.56 Å². The molecule has 0 amide bonds. The van der Waals surface area contributed by atoms with Gasteiger partial charge in [0.1, 0.15) is 5.76 Å². The third kappa shape index (κ3) is 2.34. The average Bonchev–Trinajstić information content (AvgIpc) is 2.83. The van der Waals surface area contributed by atoms with Crippen molar-refractivity contribution in [3.05, 3.63) is 48.2 Å². The maximum atomic E-state index is 5.39. The molecule has 2 nitrogen and oxygen atoms in total. The highest BCUT2D eigenvalue weighted by Gasteiger charge is 2.06. The van der Waals surface area contributed by atoms with Crippen LogP contribution in [0, 0.1) is 0 Å². The van der Waals surface area contributed by atoms with Crippen molar-refractivity contribution in [1.29, 1.82) is 0 Å². The molecular weight excluding hydrogens is 198 g/mol. The molecule has 1 N–H and O–H groups in total. The molecule has 0 aliphatic heterocycles. The molecule has 0 bridgehead atoms. The Morgan fingerprint density at radius 3 is 2.81 bits per heavy atom. The minimum absolute atomic E-state index is 0.375. The van der Waals surface area contributed by atoms with Gasteiger partial charge in [0.15, 0.2) is 0 Å². The Morgan fingerprint density at radius 1 is 1.25 bits per heavy atom. The van der Waals surface area contributed by atoms with Crippen LogP contribution >= 0.6 is 0 Å². The fourth-order valence-corrected chi connectivity index (χ4v) is 1.83. The SMILES string of the molecule is CCNC(C)c1cccc(-c2ccco2)c1. The molecule has 0 radical (unpaired) electrons.